The van der Waals surface area contributed by atoms with E-state index in [-0.39, 0.29) is 74.5 Å². The van der Waals surface area contributed by atoms with Gasteiger partial charge in [0.2, 0.25) is 88.6 Å². The molecule has 0 saturated carbocycles. The predicted octanol–water partition coefficient (Wildman–Crippen LogP) is 2.81. The summed E-state index contributed by atoms with van der Waals surface area (Å²) in [5.74, 6) is -17.5. The maximum absolute atomic E-state index is 15.6. The second kappa shape index (κ2) is 48.5. The van der Waals surface area contributed by atoms with Crippen molar-refractivity contribution in [2.75, 3.05) is 66.4 Å². The number of rotatable bonds is 23. The number of nitrogens with two attached hydrogens (primary N) is 1. The molecule has 0 unspecified atom stereocenters. The normalized spacial score (nSPS) is 21.7. The van der Waals surface area contributed by atoms with Gasteiger partial charge in [0.1, 0.15) is 78.0 Å². The van der Waals surface area contributed by atoms with Gasteiger partial charge in [-0.15, -0.1) is 11.8 Å². The molecule has 704 valence electrons. The molecular formula is C95H119N17O19S. The molecule has 1 fully saturated rings. The van der Waals surface area contributed by atoms with Gasteiger partial charge in [-0.3, -0.25) is 76.7 Å². The number of aromatic nitrogens is 2. The summed E-state index contributed by atoms with van der Waals surface area (Å²) < 4.78 is 0. The van der Waals surface area contributed by atoms with E-state index >= 15 is 43.2 Å². The van der Waals surface area contributed by atoms with Gasteiger partial charge in [0, 0.05) is 114 Å². The quantitative estimate of drug-likeness (QED) is 0.0438. The molecule has 3 heterocycles. The van der Waals surface area contributed by atoms with Gasteiger partial charge in [-0.1, -0.05) is 169 Å². The van der Waals surface area contributed by atoms with Crippen LogP contribution in [0.25, 0.3) is 21.8 Å². The zero-order chi connectivity index (χ0) is 96.2. The lowest BCUT2D eigenvalue weighted by Gasteiger charge is -2.37. The first-order chi connectivity index (χ1) is 62.9. The Balaban J connectivity index is 1.12. The number of carboxylic acids is 1. The number of nitrogens with zero attached hydrogens (tertiary/aromatic N) is 5. The Kier molecular flexibility index (Phi) is 37.3. The number of amides is 15. The fourth-order valence-electron chi connectivity index (χ4n) is 15.6. The van der Waals surface area contributed by atoms with Gasteiger partial charge in [0.05, 0.1) is 31.8 Å². The van der Waals surface area contributed by atoms with Crippen LogP contribution >= 0.6 is 11.8 Å². The number of aliphatic carboxylic acids is 1. The summed E-state index contributed by atoms with van der Waals surface area (Å²) in [6, 6.07) is 25.9. The van der Waals surface area contributed by atoms with E-state index < -0.39 is 199 Å². The molecule has 9 rings (SSSR count). The number of carbonyl (C=O) groups excluding carboxylic acids is 15. The molecule has 0 aliphatic carbocycles. The van der Waals surface area contributed by atoms with E-state index in [0.29, 0.717) is 68.0 Å². The average molecular weight is 1840 g/mol. The van der Waals surface area contributed by atoms with Crippen molar-refractivity contribution in [1.82, 2.24) is 82.3 Å². The highest BCUT2D eigenvalue weighted by Gasteiger charge is 2.42. The number of primary amides is 1. The summed E-state index contributed by atoms with van der Waals surface area (Å²) >= 11 is 0.828. The number of hydrogen-bond donors (Lipinski definition) is 15. The first-order valence-electron chi connectivity index (χ1n) is 43.7. The number of hydrogen-bond acceptors (Lipinski definition) is 19. The molecular weight excluding hydrogens is 1720 g/mol. The number of para-hydroxylation sites is 1. The van der Waals surface area contributed by atoms with Crippen molar-refractivity contribution in [3.05, 3.63) is 203 Å². The lowest BCUT2D eigenvalue weighted by Crippen LogP contribution is -2.61. The second-order valence-corrected chi connectivity index (χ2v) is 35.0. The Morgan fingerprint density at radius 2 is 0.917 bits per heavy atom. The Morgan fingerprint density at radius 1 is 0.455 bits per heavy atom. The first-order valence-corrected chi connectivity index (χ1v) is 44.8. The zero-order valence-corrected chi connectivity index (χ0v) is 76.4. The lowest BCUT2D eigenvalue weighted by atomic mass is 9.98. The number of unbranched alkanes of at least 4 members (excludes halogenated alkanes) is 1. The Bertz CT molecular complexity index is 5410. The number of aromatic amines is 2. The summed E-state index contributed by atoms with van der Waals surface area (Å²) in [6.45, 7) is 6.16. The maximum Gasteiger partial charge on any atom is 0.305 e. The van der Waals surface area contributed by atoms with Crippen LogP contribution in [0.15, 0.2) is 170 Å². The van der Waals surface area contributed by atoms with Crippen molar-refractivity contribution >= 4 is 128 Å². The van der Waals surface area contributed by atoms with E-state index in [4.69, 9.17) is 5.73 Å². The molecule has 0 bridgehead atoms. The number of phenols is 2. The van der Waals surface area contributed by atoms with E-state index in [1.807, 2.05) is 6.92 Å². The van der Waals surface area contributed by atoms with Crippen LogP contribution in [0.3, 0.4) is 0 Å². The topological polar surface area (TPSA) is 516 Å². The lowest BCUT2D eigenvalue weighted by molar-refractivity contribution is -0.151. The molecule has 0 spiro atoms. The number of benzene rings is 6. The fourth-order valence-corrected chi connectivity index (χ4v) is 16.5. The Hall–Kier alpha value is -14.1. The third kappa shape index (κ3) is 29.2. The van der Waals surface area contributed by atoms with Gasteiger partial charge in [-0.2, -0.15) is 0 Å². The summed E-state index contributed by atoms with van der Waals surface area (Å²) in [5, 5.41) is 56.6. The number of carboxylic acid groups (broad SMARTS) is 1. The van der Waals surface area contributed by atoms with Crippen LogP contribution in [0.4, 0.5) is 0 Å². The van der Waals surface area contributed by atoms with E-state index in [1.54, 1.807) is 161 Å². The second-order valence-electron chi connectivity index (χ2n) is 33.9. The van der Waals surface area contributed by atoms with E-state index in [2.05, 4.69) is 57.8 Å². The van der Waals surface area contributed by atoms with E-state index in [0.717, 1.165) is 26.5 Å². The highest BCUT2D eigenvalue weighted by molar-refractivity contribution is 8.00. The fraction of sp³-hybridized carbons (Fsp3) is 0.411. The third-order valence-electron chi connectivity index (χ3n) is 22.9. The molecule has 16 N–H and O–H groups in total. The van der Waals surface area contributed by atoms with Gasteiger partial charge >= 0.3 is 5.97 Å². The highest BCUT2D eigenvalue weighted by Crippen LogP contribution is 2.27. The molecule has 1 aliphatic heterocycles. The monoisotopic (exact) mass is 1830 g/mol. The Labute approximate surface area is 769 Å². The standard InChI is InChI=1S/C95H119N17O19S/c1-11-12-32-76-93(129)109(7)52-81(117)101-72(47-83(119)120)89(125)107-84(56(4)5)95(131)111(9)77(42-58-26-18-14-19-27-58)90(126)105-74(45-62-49-98-68-38-37-64(114)46-66(62)68)91(127)108(6)51-80(116)100-71(44-61-48-97-67-31-23-22-30-65(61)67)88(124)104-70(40-60-33-35-63(113)36-34-60)87(123)103-69(39-55(2)3)86(122)106-75(85(121)99-50-79(96)115)53-132-54-82(118)102-73(41-57-24-16-13-17-25-57)92(128)112(10)78(94(130)110(76)8)43-59-28-20-15-21-29-59/h13-31,33-38,46,48-49,55-56,69-78,84,97-98,113-114H,11-12,32,39-45,47,50-54H2,1-10H3,(H2,96,115)(H,99,121)(H,100,116)(H,101,117)(H,102,118)(H,103,123)(H,104,124)(H,105,126)(H,106,122)(H,107,125)(H,119,120)/t69-,70-,71-,72-,73-,74-,75-,76-,77-,78-,84-/m0/s1. The number of aromatic hydroxyl groups is 2. The number of nitrogens with one attached hydrogen (secondary N) is 11. The number of likely N-dealkylation sites (N-methyl/N-ethyl adjacent to an activating group) is 5. The van der Waals surface area contributed by atoms with Crippen molar-refractivity contribution in [2.45, 2.75) is 172 Å². The Morgan fingerprint density at radius 3 is 1.50 bits per heavy atom. The summed E-state index contributed by atoms with van der Waals surface area (Å²) in [6.07, 6.45) is 1.57. The van der Waals surface area contributed by atoms with Crippen LogP contribution in [0.5, 0.6) is 11.5 Å². The van der Waals surface area contributed by atoms with Crippen molar-refractivity contribution in [3.8, 4) is 11.5 Å². The molecule has 132 heavy (non-hydrogen) atoms. The van der Waals surface area contributed by atoms with Gasteiger partial charge < -0.3 is 103 Å². The number of phenolic OH excluding ortho intramolecular Hbond substituents is 2. The van der Waals surface area contributed by atoms with Crippen LogP contribution in [-0.2, 0) is 115 Å². The first kappa shape index (κ1) is 102. The molecule has 0 radical (unpaired) electrons. The van der Waals surface area contributed by atoms with Crippen LogP contribution < -0.4 is 53.6 Å². The predicted molar refractivity (Wildman–Crippen MR) is 494 cm³/mol. The number of fused-ring (bicyclic) bond motifs is 2. The van der Waals surface area contributed by atoms with E-state index in [1.165, 1.54) is 81.4 Å². The summed E-state index contributed by atoms with van der Waals surface area (Å²) in [4.78, 5) is 248. The van der Waals surface area contributed by atoms with Gasteiger partial charge in [-0.05, 0) is 94.5 Å². The zero-order valence-electron chi connectivity index (χ0n) is 75.6. The molecule has 37 heteroatoms. The SMILES string of the molecule is CCCC[C@H]1C(=O)N(C)CC(=O)N[C@@H](CC(=O)O)C(=O)N[C@@H](C(C)C)C(=O)N(C)[C@@H](Cc2ccccc2)C(=O)N[C@@H](Cc2c[nH]c3ccc(O)cc23)C(=O)N(C)CC(=O)N[C@@H](Cc2c[nH]c3ccccc23)C(=O)N[C@@H](Cc2ccc(O)cc2)C(=O)N[C@@H](CC(C)C)C(=O)N[C@H](C(=O)NCC(N)=O)CSCC(=O)N[C@@H](Cc2ccccc2)C(=O)N(C)[C@@H](Cc2ccccc2)C(=O)N1C. The molecule has 2 aromatic heterocycles. The number of thioether (sulfide) groups is 1. The van der Waals surface area contributed by atoms with Crippen molar-refractivity contribution in [1.29, 1.82) is 0 Å². The van der Waals surface area contributed by atoms with Crippen molar-refractivity contribution in [2.24, 2.45) is 17.6 Å². The highest BCUT2D eigenvalue weighted by atomic mass is 32.2. The smallest absolute Gasteiger partial charge is 0.305 e. The van der Waals surface area contributed by atoms with Gasteiger partial charge in [0.15, 0.2) is 0 Å². The molecule has 6 aromatic carbocycles. The molecule has 36 nitrogen and oxygen atoms in total. The van der Waals surface area contributed by atoms with Crippen LogP contribution in [0.1, 0.15) is 100 Å². The molecule has 1 aliphatic rings. The van der Waals surface area contributed by atoms with Crippen LogP contribution in [0.2, 0.25) is 0 Å². The average Bonchev–Trinajstić information content (AvgIpc) is 1.69. The minimum absolute atomic E-state index is 0.0272. The third-order valence-corrected chi connectivity index (χ3v) is 23.9. The van der Waals surface area contributed by atoms with Gasteiger partial charge in [0.25, 0.3) is 0 Å². The summed E-state index contributed by atoms with van der Waals surface area (Å²) in [7, 11) is 6.54. The van der Waals surface area contributed by atoms with Gasteiger partial charge in [-0.25, -0.2) is 0 Å². The van der Waals surface area contributed by atoms with Crippen molar-refractivity contribution < 1.29 is 92.0 Å². The molecule has 15 amide bonds. The minimum atomic E-state index is -1.91. The summed E-state index contributed by atoms with van der Waals surface area (Å²) in [5.41, 5.74) is 9.62. The number of carbonyl (C=O) groups is 16. The van der Waals surface area contributed by atoms with Crippen molar-refractivity contribution in [3.63, 3.8) is 0 Å². The maximum atomic E-state index is 15.6. The minimum Gasteiger partial charge on any atom is -0.508 e. The van der Waals surface area contributed by atoms with E-state index in [9.17, 15) is 48.9 Å². The largest absolute Gasteiger partial charge is 0.508 e. The van der Waals surface area contributed by atoms with Crippen LogP contribution in [0, 0.1) is 11.8 Å². The van der Waals surface area contributed by atoms with Crippen LogP contribution in [-0.4, -0.2) is 277 Å². The number of H-pyrrole nitrogens is 2. The molecule has 1 saturated heterocycles. The molecule has 8 aromatic rings. The molecule has 11 atom stereocenters.